The first-order valence-electron chi connectivity index (χ1n) is 4.67. The first kappa shape index (κ1) is 10.1. The molecule has 0 saturated heterocycles. The number of aromatic amines is 1. The largest absolute Gasteiger partial charge is 0.356 e. The van der Waals surface area contributed by atoms with Crippen molar-refractivity contribution in [3.05, 3.63) is 35.3 Å². The van der Waals surface area contributed by atoms with Crippen LogP contribution in [0.15, 0.2) is 12.1 Å². The number of H-pyrrole nitrogens is 1. The minimum atomic E-state index is -0.870. The van der Waals surface area contributed by atoms with Gasteiger partial charge >= 0.3 is 0 Å². The van der Waals surface area contributed by atoms with E-state index in [1.807, 2.05) is 0 Å². The number of nitrogens with one attached hydrogen (secondary N) is 1. The van der Waals surface area contributed by atoms with Crippen molar-refractivity contribution in [3.8, 4) is 0 Å². The van der Waals surface area contributed by atoms with Gasteiger partial charge in [0.2, 0.25) is 0 Å². The topological polar surface area (TPSA) is 15.8 Å². The molecule has 1 aromatic heterocycles. The van der Waals surface area contributed by atoms with E-state index in [1.165, 1.54) is 0 Å². The zero-order chi connectivity index (χ0) is 11.2. The summed E-state index contributed by atoms with van der Waals surface area (Å²) in [5, 5.41) is -0.167. The van der Waals surface area contributed by atoms with E-state index in [-0.39, 0.29) is 16.8 Å². The van der Waals surface area contributed by atoms with Crippen molar-refractivity contribution in [3.63, 3.8) is 0 Å². The van der Waals surface area contributed by atoms with E-state index < -0.39 is 17.5 Å². The molecule has 0 amide bonds. The molecular formula is C11H10F3N. The third kappa shape index (κ3) is 1.50. The molecule has 0 spiro atoms. The lowest BCUT2D eigenvalue weighted by atomic mass is 10.1. The van der Waals surface area contributed by atoms with Gasteiger partial charge < -0.3 is 4.98 Å². The molecule has 0 atom stereocenters. The fourth-order valence-corrected chi connectivity index (χ4v) is 1.63. The van der Waals surface area contributed by atoms with Crippen LogP contribution in [-0.4, -0.2) is 4.98 Å². The molecule has 1 nitrogen and oxygen atoms in total. The highest BCUT2D eigenvalue weighted by Crippen LogP contribution is 2.28. The van der Waals surface area contributed by atoms with E-state index in [0.717, 1.165) is 6.07 Å². The third-order valence-corrected chi connectivity index (χ3v) is 2.36. The van der Waals surface area contributed by atoms with Crippen LogP contribution in [-0.2, 0) is 0 Å². The summed E-state index contributed by atoms with van der Waals surface area (Å²) in [7, 11) is 0. The van der Waals surface area contributed by atoms with Crippen molar-refractivity contribution in [2.75, 3.05) is 0 Å². The fraction of sp³-hybridized carbons (Fsp3) is 0.273. The number of halogens is 3. The van der Waals surface area contributed by atoms with Crippen LogP contribution in [0, 0.1) is 17.5 Å². The molecule has 4 heteroatoms. The molecule has 0 aliphatic carbocycles. The maximum Gasteiger partial charge on any atom is 0.154 e. The summed E-state index contributed by atoms with van der Waals surface area (Å²) in [6.07, 6.45) is 0. The summed E-state index contributed by atoms with van der Waals surface area (Å²) in [6, 6.07) is 1.77. The molecule has 0 fully saturated rings. The molecule has 0 aliphatic heterocycles. The lowest BCUT2D eigenvalue weighted by molar-refractivity contribution is 0.577. The van der Waals surface area contributed by atoms with Crippen LogP contribution in [0.3, 0.4) is 0 Å². The number of aromatic nitrogens is 1. The van der Waals surface area contributed by atoms with E-state index in [1.54, 1.807) is 13.8 Å². The summed E-state index contributed by atoms with van der Waals surface area (Å²) in [5.74, 6) is -2.31. The van der Waals surface area contributed by atoms with Crippen LogP contribution in [0.1, 0.15) is 25.5 Å². The SMILES string of the molecule is CC(C)c1[nH]c2cc(F)cc(F)c2c1F. The molecule has 80 valence electrons. The van der Waals surface area contributed by atoms with Gasteiger partial charge in [0.25, 0.3) is 0 Å². The average molecular weight is 213 g/mol. The number of hydrogen-bond acceptors (Lipinski definition) is 0. The molecule has 1 aromatic carbocycles. The molecule has 2 rings (SSSR count). The standard InChI is InChI=1S/C11H10F3N/c1-5(2)11-10(14)9-7(13)3-6(12)4-8(9)15-11/h3-5,15H,1-2H3. The summed E-state index contributed by atoms with van der Waals surface area (Å²) in [5.41, 5.74) is 0.461. The highest BCUT2D eigenvalue weighted by Gasteiger charge is 2.17. The quantitative estimate of drug-likeness (QED) is 0.743. The predicted molar refractivity (Wildman–Crippen MR) is 52.3 cm³/mol. The molecule has 0 radical (unpaired) electrons. The van der Waals surface area contributed by atoms with Gasteiger partial charge in [-0.05, 0) is 12.0 Å². The summed E-state index contributed by atoms with van der Waals surface area (Å²) >= 11 is 0. The Kier molecular flexibility index (Phi) is 2.21. The van der Waals surface area contributed by atoms with Crippen LogP contribution in [0.2, 0.25) is 0 Å². The summed E-state index contributed by atoms with van der Waals surface area (Å²) in [4.78, 5) is 2.69. The van der Waals surface area contributed by atoms with Crippen LogP contribution in [0.4, 0.5) is 13.2 Å². The predicted octanol–water partition coefficient (Wildman–Crippen LogP) is 3.71. The van der Waals surface area contributed by atoms with E-state index >= 15 is 0 Å². The van der Waals surface area contributed by atoms with E-state index in [0.29, 0.717) is 11.8 Å². The average Bonchev–Trinajstić information content (AvgIpc) is 2.42. The lowest BCUT2D eigenvalue weighted by Crippen LogP contribution is -1.90. The van der Waals surface area contributed by atoms with Gasteiger partial charge in [-0.1, -0.05) is 13.8 Å². The van der Waals surface area contributed by atoms with Crippen LogP contribution in [0.25, 0.3) is 10.9 Å². The molecule has 1 N–H and O–H groups in total. The van der Waals surface area contributed by atoms with Crippen molar-refractivity contribution in [2.24, 2.45) is 0 Å². The Labute approximate surface area is 84.9 Å². The number of rotatable bonds is 1. The smallest absolute Gasteiger partial charge is 0.154 e. The molecule has 1 heterocycles. The Morgan fingerprint density at radius 3 is 2.40 bits per heavy atom. The van der Waals surface area contributed by atoms with Gasteiger partial charge in [-0.3, -0.25) is 0 Å². The van der Waals surface area contributed by atoms with Crippen LogP contribution >= 0.6 is 0 Å². The first-order valence-corrected chi connectivity index (χ1v) is 4.67. The Bertz CT molecular complexity index is 514. The molecule has 0 bridgehead atoms. The summed E-state index contributed by atoms with van der Waals surface area (Å²) in [6.45, 7) is 3.56. The third-order valence-electron chi connectivity index (χ3n) is 2.36. The van der Waals surface area contributed by atoms with Crippen molar-refractivity contribution < 1.29 is 13.2 Å². The molecule has 2 aromatic rings. The second-order valence-corrected chi connectivity index (χ2v) is 3.82. The molecule has 15 heavy (non-hydrogen) atoms. The second-order valence-electron chi connectivity index (χ2n) is 3.82. The van der Waals surface area contributed by atoms with Gasteiger partial charge in [-0.2, -0.15) is 0 Å². The molecule has 0 unspecified atom stereocenters. The van der Waals surface area contributed by atoms with Gasteiger partial charge in [0.05, 0.1) is 16.6 Å². The van der Waals surface area contributed by atoms with Gasteiger partial charge in [0.15, 0.2) is 5.82 Å². The maximum atomic E-state index is 13.7. The fourth-order valence-electron chi connectivity index (χ4n) is 1.63. The van der Waals surface area contributed by atoms with E-state index in [9.17, 15) is 13.2 Å². The molecule has 0 aliphatic rings. The zero-order valence-corrected chi connectivity index (χ0v) is 8.37. The number of hydrogen-bond donors (Lipinski definition) is 1. The second kappa shape index (κ2) is 3.29. The monoisotopic (exact) mass is 213 g/mol. The maximum absolute atomic E-state index is 13.7. The van der Waals surface area contributed by atoms with E-state index in [2.05, 4.69) is 4.98 Å². The van der Waals surface area contributed by atoms with Crippen molar-refractivity contribution in [2.45, 2.75) is 19.8 Å². The first-order chi connectivity index (χ1) is 7.00. The lowest BCUT2D eigenvalue weighted by Gasteiger charge is -1.99. The number of benzene rings is 1. The molecule has 0 saturated carbocycles. The Balaban J connectivity index is 2.82. The summed E-state index contributed by atoms with van der Waals surface area (Å²) < 4.78 is 39.8. The Morgan fingerprint density at radius 1 is 1.13 bits per heavy atom. The normalized spacial score (nSPS) is 11.6. The van der Waals surface area contributed by atoms with E-state index in [4.69, 9.17) is 0 Å². The zero-order valence-electron chi connectivity index (χ0n) is 8.37. The van der Waals surface area contributed by atoms with Gasteiger partial charge in [-0.15, -0.1) is 0 Å². The van der Waals surface area contributed by atoms with Gasteiger partial charge in [0, 0.05) is 6.07 Å². The van der Waals surface area contributed by atoms with Gasteiger partial charge in [-0.25, -0.2) is 13.2 Å². The molecular weight excluding hydrogens is 203 g/mol. The number of fused-ring (bicyclic) bond motifs is 1. The van der Waals surface area contributed by atoms with Crippen LogP contribution < -0.4 is 0 Å². The minimum absolute atomic E-state index is 0.0974. The Morgan fingerprint density at radius 2 is 1.80 bits per heavy atom. The van der Waals surface area contributed by atoms with Gasteiger partial charge in [0.1, 0.15) is 11.6 Å². The van der Waals surface area contributed by atoms with Crippen molar-refractivity contribution in [1.82, 2.24) is 4.98 Å². The van der Waals surface area contributed by atoms with Crippen LogP contribution in [0.5, 0.6) is 0 Å². The Hall–Kier alpha value is -1.45. The minimum Gasteiger partial charge on any atom is -0.356 e. The highest BCUT2D eigenvalue weighted by molar-refractivity contribution is 5.82. The highest BCUT2D eigenvalue weighted by atomic mass is 19.1. The van der Waals surface area contributed by atoms with Crippen molar-refractivity contribution >= 4 is 10.9 Å². The van der Waals surface area contributed by atoms with Crippen molar-refractivity contribution in [1.29, 1.82) is 0 Å².